The van der Waals surface area contributed by atoms with Crippen LogP contribution in [-0.2, 0) is 4.43 Å². The van der Waals surface area contributed by atoms with Gasteiger partial charge in [0.05, 0.1) is 5.60 Å². The topological polar surface area (TPSA) is 29.5 Å². The lowest BCUT2D eigenvalue weighted by molar-refractivity contribution is 0.169. The van der Waals surface area contributed by atoms with Crippen molar-refractivity contribution in [2.24, 2.45) is 5.92 Å². The molecule has 0 bridgehead atoms. The molecule has 2 nitrogen and oxygen atoms in total. The van der Waals surface area contributed by atoms with Crippen molar-refractivity contribution in [2.75, 3.05) is 6.61 Å². The molecule has 1 N–H and O–H groups in total. The molecular formula is C17H34O2Si. The van der Waals surface area contributed by atoms with Crippen molar-refractivity contribution >= 4 is 8.32 Å². The van der Waals surface area contributed by atoms with E-state index >= 15 is 0 Å². The van der Waals surface area contributed by atoms with Crippen LogP contribution in [0.15, 0.2) is 12.2 Å². The van der Waals surface area contributed by atoms with Gasteiger partial charge in [0.15, 0.2) is 8.32 Å². The molecule has 20 heavy (non-hydrogen) atoms. The fraction of sp³-hybridized carbons (Fsp3) is 0.882. The SMILES string of the molecule is C/C=C/[C@@]1(O)C[C@H]1CCO[Si](C(C)C)(C(C)C)C(C)C. The van der Waals surface area contributed by atoms with Crippen LogP contribution >= 0.6 is 0 Å². The summed E-state index contributed by atoms with van der Waals surface area (Å²) in [6, 6.07) is 0. The molecule has 0 heterocycles. The molecule has 0 saturated heterocycles. The normalized spacial score (nSPS) is 27.2. The molecule has 118 valence electrons. The number of rotatable bonds is 8. The van der Waals surface area contributed by atoms with Crippen LogP contribution in [-0.4, -0.2) is 25.6 Å². The molecule has 0 aromatic carbocycles. The molecule has 0 amide bonds. The fourth-order valence-electron chi connectivity index (χ4n) is 4.06. The number of aliphatic hydroxyl groups is 1. The number of allylic oxidation sites excluding steroid dienone is 1. The number of hydrogen-bond acceptors (Lipinski definition) is 2. The van der Waals surface area contributed by atoms with E-state index in [1.165, 1.54) is 0 Å². The molecule has 2 atom stereocenters. The van der Waals surface area contributed by atoms with E-state index in [0.29, 0.717) is 22.5 Å². The van der Waals surface area contributed by atoms with Crippen molar-refractivity contribution in [3.05, 3.63) is 12.2 Å². The van der Waals surface area contributed by atoms with Crippen LogP contribution in [0.25, 0.3) is 0 Å². The van der Waals surface area contributed by atoms with E-state index in [1.807, 2.05) is 19.1 Å². The van der Waals surface area contributed by atoms with Crippen molar-refractivity contribution in [1.82, 2.24) is 0 Å². The van der Waals surface area contributed by atoms with Gasteiger partial charge in [-0.15, -0.1) is 0 Å². The summed E-state index contributed by atoms with van der Waals surface area (Å²) in [6.07, 6.45) is 5.79. The van der Waals surface area contributed by atoms with Crippen LogP contribution in [0.5, 0.6) is 0 Å². The maximum absolute atomic E-state index is 10.2. The Kier molecular flexibility index (Phi) is 6.06. The zero-order chi connectivity index (χ0) is 15.6. The highest BCUT2D eigenvalue weighted by Gasteiger charge is 2.51. The highest BCUT2D eigenvalue weighted by atomic mass is 28.4. The van der Waals surface area contributed by atoms with Gasteiger partial charge in [-0.2, -0.15) is 0 Å². The van der Waals surface area contributed by atoms with Crippen molar-refractivity contribution in [1.29, 1.82) is 0 Å². The van der Waals surface area contributed by atoms with E-state index in [0.717, 1.165) is 19.4 Å². The summed E-state index contributed by atoms with van der Waals surface area (Å²) < 4.78 is 6.54. The van der Waals surface area contributed by atoms with Crippen LogP contribution in [0.1, 0.15) is 61.3 Å². The summed E-state index contributed by atoms with van der Waals surface area (Å²) >= 11 is 0. The first-order valence-corrected chi connectivity index (χ1v) is 10.3. The minimum absolute atomic E-state index is 0.400. The average molecular weight is 299 g/mol. The van der Waals surface area contributed by atoms with Crippen LogP contribution in [0, 0.1) is 5.92 Å². The summed E-state index contributed by atoms with van der Waals surface area (Å²) in [4.78, 5) is 0. The van der Waals surface area contributed by atoms with Gasteiger partial charge in [0.2, 0.25) is 0 Å². The lowest BCUT2D eigenvalue weighted by atomic mass is 10.2. The standard InChI is InChI=1S/C17H34O2Si/c1-8-10-17(18)12-16(17)9-11-19-20(13(2)3,14(4)5)15(6)7/h8,10,13-16,18H,9,11-12H2,1-7H3/b10-8+/t16-,17-/m1/s1. The predicted octanol–water partition coefficient (Wildman–Crippen LogP) is 4.90. The second kappa shape index (κ2) is 6.76. The van der Waals surface area contributed by atoms with E-state index in [9.17, 15) is 5.11 Å². The van der Waals surface area contributed by atoms with E-state index in [4.69, 9.17) is 4.43 Å². The van der Waals surface area contributed by atoms with Crippen LogP contribution in [0.4, 0.5) is 0 Å². The summed E-state index contributed by atoms with van der Waals surface area (Å²) in [5.41, 5.74) is 1.37. The predicted molar refractivity (Wildman–Crippen MR) is 89.5 cm³/mol. The maximum atomic E-state index is 10.2. The molecule has 1 aliphatic rings. The molecule has 0 aliphatic heterocycles. The van der Waals surface area contributed by atoms with Crippen molar-refractivity contribution < 1.29 is 9.53 Å². The average Bonchev–Trinajstić information content (AvgIpc) is 2.94. The van der Waals surface area contributed by atoms with E-state index in [-0.39, 0.29) is 0 Å². The highest BCUT2D eigenvalue weighted by Crippen LogP contribution is 2.48. The first kappa shape index (κ1) is 17.9. The van der Waals surface area contributed by atoms with E-state index in [1.54, 1.807) is 0 Å². The Labute approximate surface area is 126 Å². The van der Waals surface area contributed by atoms with Gasteiger partial charge in [0, 0.05) is 6.61 Å². The van der Waals surface area contributed by atoms with Gasteiger partial charge >= 0.3 is 0 Å². The molecule has 1 saturated carbocycles. The smallest absolute Gasteiger partial charge is 0.200 e. The number of hydrogen-bond donors (Lipinski definition) is 1. The zero-order valence-corrected chi connectivity index (χ0v) is 15.4. The van der Waals surface area contributed by atoms with E-state index in [2.05, 4.69) is 41.5 Å². The first-order chi connectivity index (χ1) is 9.20. The Morgan fingerprint density at radius 1 is 1.15 bits per heavy atom. The van der Waals surface area contributed by atoms with Crippen molar-refractivity contribution in [3.8, 4) is 0 Å². The van der Waals surface area contributed by atoms with Gasteiger partial charge < -0.3 is 9.53 Å². The van der Waals surface area contributed by atoms with Gasteiger partial charge in [-0.1, -0.05) is 53.7 Å². The quantitative estimate of drug-likeness (QED) is 0.510. The monoisotopic (exact) mass is 298 g/mol. The molecule has 0 aromatic rings. The molecule has 0 spiro atoms. The van der Waals surface area contributed by atoms with Gasteiger partial charge in [-0.25, -0.2) is 0 Å². The third-order valence-electron chi connectivity index (χ3n) is 5.10. The third kappa shape index (κ3) is 3.55. The minimum atomic E-state index is -1.73. The largest absolute Gasteiger partial charge is 0.416 e. The Balaban J connectivity index is 2.57. The Morgan fingerprint density at radius 2 is 1.65 bits per heavy atom. The summed E-state index contributed by atoms with van der Waals surface area (Å²) in [5, 5.41) is 10.2. The zero-order valence-electron chi connectivity index (χ0n) is 14.4. The minimum Gasteiger partial charge on any atom is -0.416 e. The first-order valence-electron chi connectivity index (χ1n) is 8.20. The van der Waals surface area contributed by atoms with Crippen molar-refractivity contribution in [3.63, 3.8) is 0 Å². The summed E-state index contributed by atoms with van der Waals surface area (Å²) in [7, 11) is -1.73. The molecule has 0 aromatic heterocycles. The molecule has 3 heteroatoms. The Bertz CT molecular complexity index is 314. The summed E-state index contributed by atoms with van der Waals surface area (Å²) in [6.45, 7) is 16.7. The highest BCUT2D eigenvalue weighted by molar-refractivity contribution is 6.77. The van der Waals surface area contributed by atoms with Gasteiger partial charge in [-0.3, -0.25) is 0 Å². The van der Waals surface area contributed by atoms with Crippen LogP contribution in [0.2, 0.25) is 16.6 Å². The second-order valence-corrected chi connectivity index (χ2v) is 12.8. The molecule has 1 aliphatic carbocycles. The molecule has 0 radical (unpaired) electrons. The van der Waals surface area contributed by atoms with Gasteiger partial charge in [0.1, 0.15) is 0 Å². The van der Waals surface area contributed by atoms with Gasteiger partial charge in [0.25, 0.3) is 0 Å². The second-order valence-electron chi connectivity index (χ2n) is 7.35. The maximum Gasteiger partial charge on any atom is 0.200 e. The molecule has 0 unspecified atom stereocenters. The Morgan fingerprint density at radius 3 is 2.05 bits per heavy atom. The Hall–Kier alpha value is -0.123. The lowest BCUT2D eigenvalue weighted by Gasteiger charge is -2.42. The molecular weight excluding hydrogens is 264 g/mol. The van der Waals surface area contributed by atoms with Crippen LogP contribution < -0.4 is 0 Å². The van der Waals surface area contributed by atoms with Gasteiger partial charge in [-0.05, 0) is 42.3 Å². The molecule has 1 rings (SSSR count). The third-order valence-corrected chi connectivity index (χ3v) is 11.2. The molecule has 1 fully saturated rings. The van der Waals surface area contributed by atoms with Crippen molar-refractivity contribution in [2.45, 2.75) is 83.5 Å². The fourth-order valence-corrected chi connectivity index (χ4v) is 9.53. The van der Waals surface area contributed by atoms with E-state index < -0.39 is 13.9 Å². The lowest BCUT2D eigenvalue weighted by Crippen LogP contribution is -2.48. The summed E-state index contributed by atoms with van der Waals surface area (Å²) in [5.74, 6) is 0.400. The van der Waals surface area contributed by atoms with Crippen LogP contribution in [0.3, 0.4) is 0 Å².